The number of urea groups is 1. The van der Waals surface area contributed by atoms with Gasteiger partial charge in [0.25, 0.3) is 5.91 Å². The minimum atomic E-state index is -4.68. The number of likely N-dealkylation sites (N-methyl/N-ethyl adjacent to an activating group) is 1. The van der Waals surface area contributed by atoms with Crippen molar-refractivity contribution in [3.63, 3.8) is 0 Å². The number of carbonyl (C=O) groups is 3. The molecule has 2 aromatic rings. The van der Waals surface area contributed by atoms with Crippen LogP contribution in [0.5, 0.6) is 0 Å². The molecular weight excluding hydrogens is 497 g/mol. The Labute approximate surface area is 219 Å². The Morgan fingerprint density at radius 1 is 1.08 bits per heavy atom. The third-order valence-corrected chi connectivity index (χ3v) is 6.83. The summed E-state index contributed by atoms with van der Waals surface area (Å²) in [7, 11) is 0. The van der Waals surface area contributed by atoms with Gasteiger partial charge in [0.15, 0.2) is 0 Å². The van der Waals surface area contributed by atoms with Gasteiger partial charge < -0.3 is 15.5 Å². The van der Waals surface area contributed by atoms with Gasteiger partial charge in [-0.05, 0) is 36.5 Å². The van der Waals surface area contributed by atoms with Crippen LogP contribution in [-0.2, 0) is 22.3 Å². The van der Waals surface area contributed by atoms with Crippen molar-refractivity contribution in [1.29, 1.82) is 0 Å². The van der Waals surface area contributed by atoms with E-state index in [1.54, 1.807) is 6.92 Å². The van der Waals surface area contributed by atoms with Crippen molar-refractivity contribution >= 4 is 17.8 Å². The van der Waals surface area contributed by atoms with Gasteiger partial charge in [-0.2, -0.15) is 13.2 Å². The first-order valence-corrected chi connectivity index (χ1v) is 12.6. The second kappa shape index (κ2) is 10.9. The number of hydrogen-bond acceptors (Lipinski definition) is 3. The molecule has 202 valence electrons. The zero-order valence-corrected chi connectivity index (χ0v) is 21.5. The van der Waals surface area contributed by atoms with Crippen LogP contribution in [0.1, 0.15) is 49.9 Å². The van der Waals surface area contributed by atoms with Crippen molar-refractivity contribution < 1.29 is 27.6 Å². The first-order chi connectivity index (χ1) is 18.0. The summed E-state index contributed by atoms with van der Waals surface area (Å²) in [6.45, 7) is 6.02. The molecule has 4 amide bonds. The molecule has 0 saturated heterocycles. The average Bonchev–Trinajstić information content (AvgIpc) is 3.22. The molecule has 38 heavy (non-hydrogen) atoms. The SMILES string of the molecule is CCN1C(=O)N[C@@H](c2ccccc2C(F)(F)F)C2=C1CN([C@H](CC(C)C)C(=O)NCc1ccccc1)C2=O. The molecule has 2 aromatic carbocycles. The quantitative estimate of drug-likeness (QED) is 0.525. The summed E-state index contributed by atoms with van der Waals surface area (Å²) in [6, 6.07) is 11.5. The molecule has 2 atom stereocenters. The van der Waals surface area contributed by atoms with E-state index in [1.165, 1.54) is 28.0 Å². The van der Waals surface area contributed by atoms with E-state index in [9.17, 15) is 27.6 Å². The highest BCUT2D eigenvalue weighted by Gasteiger charge is 2.48. The third-order valence-electron chi connectivity index (χ3n) is 6.83. The van der Waals surface area contributed by atoms with Crippen molar-refractivity contribution in [2.75, 3.05) is 13.1 Å². The van der Waals surface area contributed by atoms with E-state index in [0.29, 0.717) is 12.1 Å². The number of alkyl halides is 3. The molecule has 0 aromatic heterocycles. The molecule has 10 heteroatoms. The summed E-state index contributed by atoms with van der Waals surface area (Å²) < 4.78 is 41.6. The van der Waals surface area contributed by atoms with Gasteiger partial charge in [0.1, 0.15) is 6.04 Å². The lowest BCUT2D eigenvalue weighted by atomic mass is 9.91. The van der Waals surface area contributed by atoms with Crippen molar-refractivity contribution in [2.45, 2.75) is 52.0 Å². The number of nitrogens with zero attached hydrogens (tertiary/aromatic N) is 2. The Kier molecular flexibility index (Phi) is 7.80. The smallest absolute Gasteiger partial charge is 0.350 e. The molecule has 0 radical (unpaired) electrons. The molecule has 2 aliphatic heterocycles. The summed E-state index contributed by atoms with van der Waals surface area (Å²) in [5.74, 6) is -0.858. The predicted molar refractivity (Wildman–Crippen MR) is 135 cm³/mol. The maximum Gasteiger partial charge on any atom is 0.416 e. The van der Waals surface area contributed by atoms with E-state index in [-0.39, 0.29) is 42.6 Å². The van der Waals surface area contributed by atoms with Crippen molar-refractivity contribution in [3.8, 4) is 0 Å². The molecule has 2 N–H and O–H groups in total. The number of carbonyl (C=O) groups excluding carboxylic acids is 3. The van der Waals surface area contributed by atoms with Gasteiger partial charge in [-0.3, -0.25) is 14.5 Å². The minimum Gasteiger partial charge on any atom is -0.350 e. The molecule has 0 fully saturated rings. The molecular formula is C28H31F3N4O3. The van der Waals surface area contributed by atoms with E-state index in [0.717, 1.165) is 11.6 Å². The topological polar surface area (TPSA) is 81.8 Å². The number of rotatable bonds is 8. The fourth-order valence-corrected chi connectivity index (χ4v) is 5.06. The van der Waals surface area contributed by atoms with E-state index in [1.807, 2.05) is 44.2 Å². The van der Waals surface area contributed by atoms with Crippen molar-refractivity contribution in [3.05, 3.63) is 82.6 Å². The van der Waals surface area contributed by atoms with Crippen LogP contribution in [0.15, 0.2) is 65.9 Å². The fourth-order valence-electron chi connectivity index (χ4n) is 5.06. The highest BCUT2D eigenvalue weighted by atomic mass is 19.4. The molecule has 4 rings (SSSR count). The molecule has 2 aliphatic rings. The number of benzene rings is 2. The maximum absolute atomic E-state index is 13.9. The standard InChI is InChI=1S/C28H31F3N4O3/c1-4-34-22-16-35(21(14-17(2)3)25(36)32-15-18-10-6-5-7-11-18)26(37)23(22)24(33-27(34)38)19-12-8-9-13-20(19)28(29,30)31/h5-13,17,21,24H,4,14-16H2,1-3H3,(H,32,36)(H,33,38)/t21-,24+/m1/s1. The number of nitrogens with one attached hydrogen (secondary N) is 2. The van der Waals surface area contributed by atoms with Gasteiger partial charge in [-0.15, -0.1) is 0 Å². The highest BCUT2D eigenvalue weighted by Crippen LogP contribution is 2.42. The summed E-state index contributed by atoms with van der Waals surface area (Å²) >= 11 is 0. The maximum atomic E-state index is 13.9. The lowest BCUT2D eigenvalue weighted by molar-refractivity contribution is -0.139. The van der Waals surface area contributed by atoms with E-state index >= 15 is 0 Å². The van der Waals surface area contributed by atoms with E-state index < -0.39 is 35.8 Å². The van der Waals surface area contributed by atoms with Crippen LogP contribution < -0.4 is 10.6 Å². The zero-order valence-electron chi connectivity index (χ0n) is 21.5. The van der Waals surface area contributed by atoms with Crippen LogP contribution >= 0.6 is 0 Å². The van der Waals surface area contributed by atoms with Crippen LogP contribution in [0, 0.1) is 5.92 Å². The van der Waals surface area contributed by atoms with Gasteiger partial charge in [0.2, 0.25) is 5.91 Å². The van der Waals surface area contributed by atoms with Crippen molar-refractivity contribution in [1.82, 2.24) is 20.4 Å². The fraction of sp³-hybridized carbons (Fsp3) is 0.393. The normalized spacial score (nSPS) is 18.6. The Morgan fingerprint density at radius 3 is 2.37 bits per heavy atom. The molecule has 7 nitrogen and oxygen atoms in total. The summed E-state index contributed by atoms with van der Waals surface area (Å²) in [5.41, 5.74) is 0.152. The predicted octanol–water partition coefficient (Wildman–Crippen LogP) is 4.62. The van der Waals surface area contributed by atoms with Gasteiger partial charge in [0, 0.05) is 13.1 Å². The number of halogens is 3. The second-order valence-electron chi connectivity index (χ2n) is 9.85. The molecule has 0 spiro atoms. The van der Waals surface area contributed by atoms with Crippen molar-refractivity contribution in [2.24, 2.45) is 5.92 Å². The summed E-state index contributed by atoms with van der Waals surface area (Å²) in [5, 5.41) is 5.50. The summed E-state index contributed by atoms with van der Waals surface area (Å²) in [4.78, 5) is 43.0. The lowest BCUT2D eigenvalue weighted by Crippen LogP contribution is -2.49. The highest BCUT2D eigenvalue weighted by molar-refractivity contribution is 6.03. The minimum absolute atomic E-state index is 0.0454. The molecule has 2 heterocycles. The monoisotopic (exact) mass is 528 g/mol. The van der Waals surface area contributed by atoms with Crippen LogP contribution in [0.4, 0.5) is 18.0 Å². The van der Waals surface area contributed by atoms with Gasteiger partial charge >= 0.3 is 12.2 Å². The Morgan fingerprint density at radius 2 is 1.74 bits per heavy atom. The van der Waals surface area contributed by atoms with E-state index in [4.69, 9.17) is 0 Å². The first kappa shape index (κ1) is 27.2. The Balaban J connectivity index is 1.69. The van der Waals surface area contributed by atoms with Crippen LogP contribution in [0.25, 0.3) is 0 Å². The molecule has 0 unspecified atom stereocenters. The molecule has 0 bridgehead atoms. The Bertz CT molecular complexity index is 1240. The van der Waals surface area contributed by atoms with Crippen LogP contribution in [0.2, 0.25) is 0 Å². The van der Waals surface area contributed by atoms with Gasteiger partial charge in [-0.1, -0.05) is 62.4 Å². The number of hydrogen-bond donors (Lipinski definition) is 2. The van der Waals surface area contributed by atoms with Gasteiger partial charge in [0.05, 0.1) is 29.4 Å². The van der Waals surface area contributed by atoms with Crippen LogP contribution in [-0.4, -0.2) is 46.8 Å². The second-order valence-corrected chi connectivity index (χ2v) is 9.85. The average molecular weight is 529 g/mol. The summed E-state index contributed by atoms with van der Waals surface area (Å²) in [6.07, 6.45) is -4.33. The van der Waals surface area contributed by atoms with Crippen LogP contribution in [0.3, 0.4) is 0 Å². The third kappa shape index (κ3) is 5.39. The molecule has 0 saturated carbocycles. The Hall–Kier alpha value is -3.82. The molecule has 0 aliphatic carbocycles. The zero-order chi connectivity index (χ0) is 27.6. The van der Waals surface area contributed by atoms with Gasteiger partial charge in [-0.25, -0.2) is 4.79 Å². The first-order valence-electron chi connectivity index (χ1n) is 12.6. The lowest BCUT2D eigenvalue weighted by Gasteiger charge is -2.33. The number of amides is 4. The van der Waals surface area contributed by atoms with E-state index in [2.05, 4.69) is 10.6 Å². The largest absolute Gasteiger partial charge is 0.416 e.